The minimum absolute atomic E-state index is 0. The Morgan fingerprint density at radius 1 is 1.32 bits per heavy atom. The molecule has 3 rings (SSSR count). The summed E-state index contributed by atoms with van der Waals surface area (Å²) in [5, 5.41) is 2.86. The van der Waals surface area contributed by atoms with Crippen molar-refractivity contribution in [2.75, 3.05) is 18.8 Å². The molecule has 1 fully saturated rings. The van der Waals surface area contributed by atoms with Crippen molar-refractivity contribution in [3.05, 3.63) is 41.4 Å². The summed E-state index contributed by atoms with van der Waals surface area (Å²) in [6.07, 6.45) is 0.865. The van der Waals surface area contributed by atoms with E-state index in [2.05, 4.69) is 13.8 Å². The van der Waals surface area contributed by atoms with Crippen molar-refractivity contribution in [3.8, 4) is 0 Å². The molecule has 1 aliphatic heterocycles. The van der Waals surface area contributed by atoms with Crippen LogP contribution in [0.3, 0.4) is 0 Å². The van der Waals surface area contributed by atoms with Gasteiger partial charge in [-0.15, -0.1) is 24.2 Å². The second kappa shape index (κ2) is 8.17. The number of thioether (sulfide) groups is 1. The normalized spacial score (nSPS) is 19.5. The van der Waals surface area contributed by atoms with E-state index in [4.69, 9.17) is 17.3 Å². The van der Waals surface area contributed by atoms with E-state index >= 15 is 0 Å². The maximum Gasteiger partial charge on any atom is 0.232 e. The fourth-order valence-electron chi connectivity index (χ4n) is 3.20. The van der Waals surface area contributed by atoms with E-state index in [1.54, 1.807) is 11.8 Å². The summed E-state index contributed by atoms with van der Waals surface area (Å²) in [7, 11) is 0. The Balaban J connectivity index is 0.00000225. The van der Waals surface area contributed by atoms with Gasteiger partial charge in [0.15, 0.2) is 0 Å². The number of nitrogens with zero attached hydrogens (tertiary/aromatic N) is 1. The third-order valence-corrected chi connectivity index (χ3v) is 6.19. The summed E-state index contributed by atoms with van der Waals surface area (Å²) in [6.45, 7) is 5.74. The molecule has 0 radical (unpaired) electrons. The quantitative estimate of drug-likeness (QED) is 0.768. The van der Waals surface area contributed by atoms with Crippen LogP contribution < -0.4 is 5.73 Å². The standard InChI is InChI=1S/C19H23ClN2OS.ClH/c1-19(2)12-22(10-9-16(19)21)17(23)11-24-15-8-4-6-13-5-3-7-14(20)18(13)15;/h3-8,16H,9-12,21H2,1-2H3;1H. The molecule has 25 heavy (non-hydrogen) atoms. The van der Waals surface area contributed by atoms with Crippen LogP contribution in [0, 0.1) is 5.41 Å². The maximum atomic E-state index is 12.6. The van der Waals surface area contributed by atoms with Crippen LogP contribution in [-0.4, -0.2) is 35.7 Å². The molecule has 0 saturated carbocycles. The highest BCUT2D eigenvalue weighted by Crippen LogP contribution is 2.34. The van der Waals surface area contributed by atoms with Crippen LogP contribution in [0.1, 0.15) is 20.3 Å². The lowest BCUT2D eigenvalue weighted by Gasteiger charge is -2.42. The molecule has 0 spiro atoms. The number of hydrogen-bond acceptors (Lipinski definition) is 3. The largest absolute Gasteiger partial charge is 0.341 e. The molecule has 2 aromatic carbocycles. The molecule has 0 aliphatic carbocycles. The number of halogens is 2. The van der Waals surface area contributed by atoms with Crippen molar-refractivity contribution in [2.45, 2.75) is 31.2 Å². The second-order valence-electron chi connectivity index (χ2n) is 7.08. The highest BCUT2D eigenvalue weighted by Gasteiger charge is 2.35. The fraction of sp³-hybridized carbons (Fsp3) is 0.421. The monoisotopic (exact) mass is 398 g/mol. The molecule has 136 valence electrons. The molecule has 2 N–H and O–H groups in total. The molecule has 1 heterocycles. The first kappa shape index (κ1) is 20.4. The summed E-state index contributed by atoms with van der Waals surface area (Å²) in [6, 6.07) is 12.1. The SMILES string of the molecule is CC1(C)CN(C(=O)CSc2cccc3cccc(Cl)c23)CCC1N.Cl. The Kier molecular flexibility index (Phi) is 6.66. The molecule has 1 saturated heterocycles. The lowest BCUT2D eigenvalue weighted by Crippen LogP contribution is -2.54. The summed E-state index contributed by atoms with van der Waals surface area (Å²) >= 11 is 7.92. The molecular formula is C19H24Cl2N2OS. The van der Waals surface area contributed by atoms with E-state index in [0.29, 0.717) is 5.75 Å². The molecule has 0 aromatic heterocycles. The summed E-state index contributed by atoms with van der Waals surface area (Å²) < 4.78 is 0. The minimum Gasteiger partial charge on any atom is -0.341 e. The van der Waals surface area contributed by atoms with Crippen molar-refractivity contribution in [1.29, 1.82) is 0 Å². The van der Waals surface area contributed by atoms with Gasteiger partial charge < -0.3 is 10.6 Å². The fourth-order valence-corrected chi connectivity index (χ4v) is 4.55. The van der Waals surface area contributed by atoms with Gasteiger partial charge in [0, 0.05) is 34.4 Å². The zero-order chi connectivity index (χ0) is 17.3. The number of rotatable bonds is 3. The first-order valence-electron chi connectivity index (χ1n) is 8.22. The number of carbonyl (C=O) groups is 1. The molecule has 3 nitrogen and oxygen atoms in total. The lowest BCUT2D eigenvalue weighted by molar-refractivity contribution is -0.131. The Morgan fingerprint density at radius 2 is 2.00 bits per heavy atom. The highest BCUT2D eigenvalue weighted by atomic mass is 35.5. The van der Waals surface area contributed by atoms with Gasteiger partial charge in [0.1, 0.15) is 0 Å². The Labute approximate surface area is 164 Å². The number of piperidine rings is 1. The maximum absolute atomic E-state index is 12.6. The van der Waals surface area contributed by atoms with Crippen molar-refractivity contribution < 1.29 is 4.79 Å². The summed E-state index contributed by atoms with van der Waals surface area (Å²) in [5.41, 5.74) is 6.13. The third-order valence-electron chi connectivity index (χ3n) is 4.83. The number of likely N-dealkylation sites (tertiary alicyclic amines) is 1. The van der Waals surface area contributed by atoms with Crippen molar-refractivity contribution in [2.24, 2.45) is 11.1 Å². The van der Waals surface area contributed by atoms with Gasteiger partial charge in [-0.05, 0) is 29.4 Å². The van der Waals surface area contributed by atoms with Crippen LogP contribution in [0.4, 0.5) is 0 Å². The summed E-state index contributed by atoms with van der Waals surface area (Å²) in [5.74, 6) is 0.597. The van der Waals surface area contributed by atoms with Crippen molar-refractivity contribution in [1.82, 2.24) is 4.90 Å². The minimum atomic E-state index is -0.0265. The van der Waals surface area contributed by atoms with E-state index in [0.717, 1.165) is 40.2 Å². The molecule has 2 aromatic rings. The van der Waals surface area contributed by atoms with Crippen LogP contribution in [0.15, 0.2) is 41.3 Å². The Bertz CT molecular complexity index is 761. The van der Waals surface area contributed by atoms with E-state index in [-0.39, 0.29) is 29.8 Å². The average molecular weight is 399 g/mol. The third kappa shape index (κ3) is 4.43. The number of benzene rings is 2. The van der Waals surface area contributed by atoms with E-state index < -0.39 is 0 Å². The number of amides is 1. The smallest absolute Gasteiger partial charge is 0.232 e. The van der Waals surface area contributed by atoms with Crippen LogP contribution >= 0.6 is 35.8 Å². The zero-order valence-corrected chi connectivity index (χ0v) is 16.9. The zero-order valence-electron chi connectivity index (χ0n) is 14.5. The van der Waals surface area contributed by atoms with Gasteiger partial charge in [-0.1, -0.05) is 49.7 Å². The molecule has 0 bridgehead atoms. The molecule has 1 aliphatic rings. The molecule has 6 heteroatoms. The van der Waals surface area contributed by atoms with Gasteiger partial charge in [-0.25, -0.2) is 0 Å². The van der Waals surface area contributed by atoms with Crippen molar-refractivity contribution >= 4 is 52.4 Å². The molecular weight excluding hydrogens is 375 g/mol. The first-order chi connectivity index (χ1) is 11.4. The average Bonchev–Trinajstić information content (AvgIpc) is 2.55. The van der Waals surface area contributed by atoms with Crippen LogP contribution in [-0.2, 0) is 4.79 Å². The van der Waals surface area contributed by atoms with Gasteiger partial charge in [0.2, 0.25) is 5.91 Å². The number of nitrogens with two attached hydrogens (primary N) is 1. The highest BCUT2D eigenvalue weighted by molar-refractivity contribution is 8.00. The topological polar surface area (TPSA) is 46.3 Å². The second-order valence-corrected chi connectivity index (χ2v) is 8.51. The van der Waals surface area contributed by atoms with Crippen LogP contribution in [0.2, 0.25) is 5.02 Å². The van der Waals surface area contributed by atoms with E-state index in [9.17, 15) is 4.79 Å². The first-order valence-corrected chi connectivity index (χ1v) is 9.58. The van der Waals surface area contributed by atoms with Crippen LogP contribution in [0.25, 0.3) is 10.8 Å². The van der Waals surface area contributed by atoms with Gasteiger partial charge in [0.05, 0.1) is 5.75 Å². The molecule has 1 amide bonds. The van der Waals surface area contributed by atoms with E-state index in [1.165, 1.54) is 0 Å². The Hall–Kier alpha value is -0.940. The predicted octanol–water partition coefficient (Wildman–Crippen LogP) is 4.59. The van der Waals surface area contributed by atoms with Crippen LogP contribution in [0.5, 0.6) is 0 Å². The number of hydrogen-bond donors (Lipinski definition) is 1. The number of carbonyl (C=O) groups excluding carboxylic acids is 1. The summed E-state index contributed by atoms with van der Waals surface area (Å²) in [4.78, 5) is 15.6. The van der Waals surface area contributed by atoms with Gasteiger partial charge in [-0.3, -0.25) is 4.79 Å². The van der Waals surface area contributed by atoms with Gasteiger partial charge in [0.25, 0.3) is 0 Å². The van der Waals surface area contributed by atoms with Crippen molar-refractivity contribution in [3.63, 3.8) is 0 Å². The molecule has 1 unspecified atom stereocenters. The van der Waals surface area contributed by atoms with Gasteiger partial charge in [-0.2, -0.15) is 0 Å². The Morgan fingerprint density at radius 3 is 2.68 bits per heavy atom. The van der Waals surface area contributed by atoms with Gasteiger partial charge >= 0.3 is 0 Å². The number of fused-ring (bicyclic) bond motifs is 1. The molecule has 1 atom stereocenters. The van der Waals surface area contributed by atoms with E-state index in [1.807, 2.05) is 41.3 Å². The predicted molar refractivity (Wildman–Crippen MR) is 110 cm³/mol. The lowest BCUT2D eigenvalue weighted by atomic mass is 9.80.